The van der Waals surface area contributed by atoms with Gasteiger partial charge < -0.3 is 10.1 Å². The summed E-state index contributed by atoms with van der Waals surface area (Å²) in [5.41, 5.74) is 0. The predicted octanol–water partition coefficient (Wildman–Crippen LogP) is 0.344. The van der Waals surface area contributed by atoms with Crippen molar-refractivity contribution in [2.24, 2.45) is 0 Å². The second kappa shape index (κ2) is 4.46. The van der Waals surface area contributed by atoms with Crippen LogP contribution in [0.15, 0.2) is 0 Å². The molecule has 0 spiro atoms. The molecule has 0 aromatic carbocycles. The van der Waals surface area contributed by atoms with Crippen molar-refractivity contribution in [2.75, 3.05) is 20.3 Å². The Morgan fingerprint density at radius 3 is 3.00 bits per heavy atom. The highest BCUT2D eigenvalue weighted by atomic mass is 16.5. The smallest absolute Gasteiger partial charge is 0.175 e. The van der Waals surface area contributed by atoms with Gasteiger partial charge in [0.2, 0.25) is 0 Å². The van der Waals surface area contributed by atoms with Gasteiger partial charge in [0.25, 0.3) is 0 Å². The molecule has 11 heavy (non-hydrogen) atoms. The number of hydrogen-bond acceptors (Lipinski definition) is 3. The molecule has 1 saturated heterocycles. The van der Waals surface area contributed by atoms with Gasteiger partial charge in [-0.25, -0.2) is 0 Å². The molecule has 1 aliphatic heterocycles. The van der Waals surface area contributed by atoms with E-state index in [0.29, 0.717) is 0 Å². The first kappa shape index (κ1) is 8.68. The van der Waals surface area contributed by atoms with Crippen LogP contribution in [0.1, 0.15) is 19.3 Å². The van der Waals surface area contributed by atoms with Gasteiger partial charge >= 0.3 is 0 Å². The number of Topliss-reactive ketones (excluding diaryl/α,β-unsaturated/α-hetero) is 1. The second-order valence-electron chi connectivity index (χ2n) is 2.90. The topological polar surface area (TPSA) is 38.3 Å². The summed E-state index contributed by atoms with van der Waals surface area (Å²) in [6, 6.07) is 0.0590. The van der Waals surface area contributed by atoms with Gasteiger partial charge in [0.1, 0.15) is 6.61 Å². The minimum atomic E-state index is 0.0590. The van der Waals surface area contributed by atoms with Crippen molar-refractivity contribution in [3.05, 3.63) is 0 Å². The maximum Gasteiger partial charge on any atom is 0.175 e. The van der Waals surface area contributed by atoms with Crippen molar-refractivity contribution in [1.29, 1.82) is 0 Å². The zero-order valence-corrected chi connectivity index (χ0v) is 6.93. The van der Waals surface area contributed by atoms with Gasteiger partial charge in [-0.15, -0.1) is 0 Å². The fourth-order valence-electron chi connectivity index (χ4n) is 1.37. The number of hydrogen-bond donors (Lipinski definition) is 1. The first-order valence-electron chi connectivity index (χ1n) is 4.09. The molecular weight excluding hydrogens is 142 g/mol. The molecule has 0 radical (unpaired) electrons. The van der Waals surface area contributed by atoms with E-state index in [0.717, 1.165) is 19.4 Å². The summed E-state index contributed by atoms with van der Waals surface area (Å²) in [5.74, 6) is 0.187. The van der Waals surface area contributed by atoms with Crippen LogP contribution >= 0.6 is 0 Å². The van der Waals surface area contributed by atoms with Gasteiger partial charge in [-0.1, -0.05) is 6.42 Å². The number of ketones is 1. The van der Waals surface area contributed by atoms with E-state index in [1.807, 2.05) is 0 Å². The lowest BCUT2D eigenvalue weighted by Gasteiger charge is -2.21. The van der Waals surface area contributed by atoms with Crippen molar-refractivity contribution in [3.63, 3.8) is 0 Å². The molecule has 0 amide bonds. The molecule has 64 valence electrons. The average Bonchev–Trinajstić information content (AvgIpc) is 2.07. The zero-order chi connectivity index (χ0) is 8.10. The number of piperidine rings is 1. The Morgan fingerprint density at radius 1 is 1.64 bits per heavy atom. The summed E-state index contributed by atoms with van der Waals surface area (Å²) < 4.78 is 4.77. The fraction of sp³-hybridized carbons (Fsp3) is 0.875. The van der Waals surface area contributed by atoms with Crippen molar-refractivity contribution in [3.8, 4) is 0 Å². The lowest BCUT2D eigenvalue weighted by atomic mass is 10.0. The van der Waals surface area contributed by atoms with E-state index < -0.39 is 0 Å². The fourth-order valence-corrected chi connectivity index (χ4v) is 1.37. The first-order chi connectivity index (χ1) is 5.34. The standard InChI is InChI=1S/C8H15NO2/c1-11-6-8(10)7-4-2-3-5-9-7/h7,9H,2-6H2,1H3/t7-/m0/s1. The highest BCUT2D eigenvalue weighted by molar-refractivity contribution is 5.85. The Balaban J connectivity index is 2.27. The van der Waals surface area contributed by atoms with Gasteiger partial charge in [0, 0.05) is 7.11 Å². The van der Waals surface area contributed by atoms with E-state index in [1.165, 1.54) is 6.42 Å². The highest BCUT2D eigenvalue weighted by Crippen LogP contribution is 2.07. The lowest BCUT2D eigenvalue weighted by Crippen LogP contribution is -2.41. The second-order valence-corrected chi connectivity index (χ2v) is 2.90. The molecule has 3 heteroatoms. The first-order valence-corrected chi connectivity index (χ1v) is 4.09. The van der Waals surface area contributed by atoms with Gasteiger partial charge in [-0.2, -0.15) is 0 Å². The van der Waals surface area contributed by atoms with Crippen LogP contribution in [0.25, 0.3) is 0 Å². The maximum atomic E-state index is 11.2. The molecule has 3 nitrogen and oxygen atoms in total. The molecular formula is C8H15NO2. The molecule has 0 saturated carbocycles. The molecule has 0 aromatic heterocycles. The summed E-state index contributed by atoms with van der Waals surface area (Å²) in [5, 5.41) is 3.17. The van der Waals surface area contributed by atoms with E-state index in [4.69, 9.17) is 4.74 Å². The van der Waals surface area contributed by atoms with Crippen LogP contribution in [0, 0.1) is 0 Å². The van der Waals surface area contributed by atoms with Gasteiger partial charge in [0.05, 0.1) is 6.04 Å². The normalized spacial score (nSPS) is 25.0. The number of ether oxygens (including phenoxy) is 1. The van der Waals surface area contributed by atoms with Crippen LogP contribution < -0.4 is 5.32 Å². The number of carbonyl (C=O) groups is 1. The summed E-state index contributed by atoms with van der Waals surface area (Å²) in [6.45, 7) is 1.22. The largest absolute Gasteiger partial charge is 0.377 e. The van der Waals surface area contributed by atoms with Crippen LogP contribution in [-0.4, -0.2) is 32.1 Å². The van der Waals surface area contributed by atoms with Gasteiger partial charge in [-0.3, -0.25) is 4.79 Å². The van der Waals surface area contributed by atoms with E-state index >= 15 is 0 Å². The van der Waals surface area contributed by atoms with Gasteiger partial charge in [0.15, 0.2) is 5.78 Å². The van der Waals surface area contributed by atoms with E-state index in [9.17, 15) is 4.79 Å². The highest BCUT2D eigenvalue weighted by Gasteiger charge is 2.19. The number of methoxy groups -OCH3 is 1. The Kier molecular flexibility index (Phi) is 3.52. The van der Waals surface area contributed by atoms with E-state index in [2.05, 4.69) is 5.32 Å². The van der Waals surface area contributed by atoms with Crippen LogP contribution in [0.4, 0.5) is 0 Å². The quantitative estimate of drug-likeness (QED) is 0.642. The Hall–Kier alpha value is -0.410. The predicted molar refractivity (Wildman–Crippen MR) is 42.5 cm³/mol. The number of carbonyl (C=O) groups excluding carboxylic acids is 1. The van der Waals surface area contributed by atoms with Crippen molar-refractivity contribution in [1.82, 2.24) is 5.32 Å². The molecule has 0 bridgehead atoms. The monoisotopic (exact) mass is 157 g/mol. The van der Waals surface area contributed by atoms with Crippen LogP contribution in [-0.2, 0) is 9.53 Å². The molecule has 1 fully saturated rings. The number of nitrogens with one attached hydrogen (secondary N) is 1. The Bertz CT molecular complexity index is 130. The summed E-state index contributed by atoms with van der Waals surface area (Å²) in [4.78, 5) is 11.2. The van der Waals surface area contributed by atoms with Gasteiger partial charge in [-0.05, 0) is 19.4 Å². The van der Waals surface area contributed by atoms with Crippen LogP contribution in [0.5, 0.6) is 0 Å². The molecule has 1 atom stereocenters. The Morgan fingerprint density at radius 2 is 2.45 bits per heavy atom. The maximum absolute atomic E-state index is 11.2. The molecule has 0 aromatic rings. The minimum absolute atomic E-state index is 0.0590. The Labute approximate surface area is 67.1 Å². The molecule has 1 N–H and O–H groups in total. The average molecular weight is 157 g/mol. The van der Waals surface area contributed by atoms with Crippen molar-refractivity contribution >= 4 is 5.78 Å². The third-order valence-corrected chi connectivity index (χ3v) is 1.99. The van der Waals surface area contributed by atoms with E-state index in [-0.39, 0.29) is 18.4 Å². The molecule has 0 aliphatic carbocycles. The SMILES string of the molecule is COCC(=O)[C@@H]1CCCCN1. The van der Waals surface area contributed by atoms with Crippen molar-refractivity contribution in [2.45, 2.75) is 25.3 Å². The van der Waals surface area contributed by atoms with E-state index in [1.54, 1.807) is 7.11 Å². The van der Waals surface area contributed by atoms with Crippen molar-refractivity contribution < 1.29 is 9.53 Å². The molecule has 0 unspecified atom stereocenters. The van der Waals surface area contributed by atoms with Crippen LogP contribution in [0.2, 0.25) is 0 Å². The third-order valence-electron chi connectivity index (χ3n) is 1.99. The molecule has 1 aliphatic rings. The zero-order valence-electron chi connectivity index (χ0n) is 6.93. The summed E-state index contributed by atoms with van der Waals surface area (Å²) >= 11 is 0. The third kappa shape index (κ3) is 2.60. The summed E-state index contributed by atoms with van der Waals surface area (Å²) in [6.07, 6.45) is 3.33. The van der Waals surface area contributed by atoms with Crippen LogP contribution in [0.3, 0.4) is 0 Å². The lowest BCUT2D eigenvalue weighted by molar-refractivity contribution is -0.125. The molecule has 1 rings (SSSR count). The summed E-state index contributed by atoms with van der Waals surface area (Å²) in [7, 11) is 1.56. The number of rotatable bonds is 3. The molecule has 1 heterocycles. The minimum Gasteiger partial charge on any atom is -0.377 e.